The van der Waals surface area contributed by atoms with E-state index in [1.165, 1.54) is 21.3 Å². The van der Waals surface area contributed by atoms with Crippen molar-refractivity contribution in [3.8, 4) is 0 Å². The predicted molar refractivity (Wildman–Crippen MR) is 54.8 cm³/mol. The van der Waals surface area contributed by atoms with Gasteiger partial charge in [-0.05, 0) is 19.8 Å². The van der Waals surface area contributed by atoms with Crippen LogP contribution in [0.2, 0.25) is 0 Å². The summed E-state index contributed by atoms with van der Waals surface area (Å²) in [5.41, 5.74) is -0.538. The molecule has 0 unspecified atom stereocenters. The Morgan fingerprint density at radius 3 is 2.44 bits per heavy atom. The van der Waals surface area contributed by atoms with Crippen molar-refractivity contribution in [3.05, 3.63) is 0 Å². The van der Waals surface area contributed by atoms with Gasteiger partial charge < -0.3 is 18.9 Å². The van der Waals surface area contributed by atoms with Crippen molar-refractivity contribution < 1.29 is 23.7 Å². The third-order valence-electron chi connectivity index (χ3n) is 3.85. The van der Waals surface area contributed by atoms with Crippen LogP contribution < -0.4 is 0 Å². The van der Waals surface area contributed by atoms with E-state index in [1.807, 2.05) is 6.92 Å². The molecule has 0 aliphatic carbocycles. The van der Waals surface area contributed by atoms with Crippen molar-refractivity contribution in [2.24, 2.45) is 5.92 Å². The minimum atomic E-state index is -1.000. The van der Waals surface area contributed by atoms with E-state index in [-0.39, 0.29) is 12.1 Å². The summed E-state index contributed by atoms with van der Waals surface area (Å²) in [5.74, 6) is -1.87. The maximum absolute atomic E-state index is 11.9. The molecule has 0 aromatic rings. The molecular formula is C11H18O5. The lowest BCUT2D eigenvalue weighted by atomic mass is 9.75. The van der Waals surface area contributed by atoms with Crippen LogP contribution in [0.1, 0.15) is 19.8 Å². The van der Waals surface area contributed by atoms with Gasteiger partial charge >= 0.3 is 5.97 Å². The highest BCUT2D eigenvalue weighted by Gasteiger charge is 2.70. The Morgan fingerprint density at radius 1 is 1.31 bits per heavy atom. The maximum Gasteiger partial charge on any atom is 0.317 e. The molecular weight excluding hydrogens is 212 g/mol. The quantitative estimate of drug-likeness (QED) is 0.528. The summed E-state index contributed by atoms with van der Waals surface area (Å²) in [6.07, 6.45) is 1.47. The van der Waals surface area contributed by atoms with Crippen molar-refractivity contribution in [1.29, 1.82) is 0 Å². The highest BCUT2D eigenvalue weighted by atomic mass is 16.7. The molecule has 3 atom stereocenters. The molecule has 0 amide bonds. The van der Waals surface area contributed by atoms with Crippen LogP contribution in [-0.2, 0) is 23.7 Å². The number of carbonyl (C=O) groups is 1. The van der Waals surface area contributed by atoms with E-state index in [2.05, 4.69) is 0 Å². The number of rotatable bonds is 3. The first-order chi connectivity index (χ1) is 7.54. The van der Waals surface area contributed by atoms with Crippen molar-refractivity contribution >= 4 is 5.97 Å². The second-order valence-electron chi connectivity index (χ2n) is 4.54. The molecule has 2 aliphatic heterocycles. The van der Waals surface area contributed by atoms with E-state index < -0.39 is 17.3 Å². The second kappa shape index (κ2) is 3.68. The SMILES string of the molecule is COC(=O)[C@H]1C(OC)(OC)[C@H]2CC[C@@]1(C)O2. The summed E-state index contributed by atoms with van der Waals surface area (Å²) in [6.45, 7) is 1.91. The number of esters is 1. The first-order valence-corrected chi connectivity index (χ1v) is 5.40. The minimum absolute atomic E-state index is 0.198. The Bertz CT molecular complexity index is 299. The zero-order valence-corrected chi connectivity index (χ0v) is 10.1. The van der Waals surface area contributed by atoms with Crippen LogP contribution in [0.4, 0.5) is 0 Å². The largest absolute Gasteiger partial charge is 0.469 e. The normalized spacial score (nSPS) is 40.0. The Morgan fingerprint density at radius 2 is 1.94 bits per heavy atom. The number of hydrogen-bond donors (Lipinski definition) is 0. The number of hydrogen-bond acceptors (Lipinski definition) is 5. The van der Waals surface area contributed by atoms with Gasteiger partial charge in [0.15, 0.2) is 0 Å². The van der Waals surface area contributed by atoms with Crippen LogP contribution >= 0.6 is 0 Å². The van der Waals surface area contributed by atoms with Gasteiger partial charge in [-0.15, -0.1) is 0 Å². The molecule has 0 N–H and O–H groups in total. The van der Waals surface area contributed by atoms with Crippen molar-refractivity contribution in [3.63, 3.8) is 0 Å². The fraction of sp³-hybridized carbons (Fsp3) is 0.909. The van der Waals surface area contributed by atoms with Gasteiger partial charge in [-0.25, -0.2) is 0 Å². The van der Waals surface area contributed by atoms with E-state index in [4.69, 9.17) is 18.9 Å². The molecule has 5 nitrogen and oxygen atoms in total. The van der Waals surface area contributed by atoms with Crippen LogP contribution in [0.5, 0.6) is 0 Å². The molecule has 2 saturated heterocycles. The van der Waals surface area contributed by atoms with Crippen LogP contribution in [0.3, 0.4) is 0 Å². The summed E-state index contributed by atoms with van der Waals surface area (Å²) in [5, 5.41) is 0. The fourth-order valence-electron chi connectivity index (χ4n) is 3.08. The number of carbonyl (C=O) groups excluding carboxylic acids is 1. The van der Waals surface area contributed by atoms with Gasteiger partial charge in [0.1, 0.15) is 12.0 Å². The van der Waals surface area contributed by atoms with Crippen LogP contribution in [0.15, 0.2) is 0 Å². The number of fused-ring (bicyclic) bond motifs is 2. The molecule has 16 heavy (non-hydrogen) atoms. The van der Waals surface area contributed by atoms with E-state index in [1.54, 1.807) is 0 Å². The monoisotopic (exact) mass is 230 g/mol. The Hall–Kier alpha value is -0.650. The van der Waals surface area contributed by atoms with Crippen molar-refractivity contribution in [2.75, 3.05) is 21.3 Å². The van der Waals surface area contributed by atoms with E-state index >= 15 is 0 Å². The first-order valence-electron chi connectivity index (χ1n) is 5.40. The molecule has 0 aromatic heterocycles. The van der Waals surface area contributed by atoms with E-state index in [0.717, 1.165) is 12.8 Å². The van der Waals surface area contributed by atoms with Crippen LogP contribution in [0.25, 0.3) is 0 Å². The second-order valence-corrected chi connectivity index (χ2v) is 4.54. The topological polar surface area (TPSA) is 54.0 Å². The molecule has 0 radical (unpaired) electrons. The molecule has 92 valence electrons. The molecule has 0 aromatic carbocycles. The molecule has 0 spiro atoms. The third kappa shape index (κ3) is 1.25. The lowest BCUT2D eigenvalue weighted by molar-refractivity contribution is -0.255. The molecule has 5 heteroatoms. The Balaban J connectivity index is 2.40. The molecule has 2 heterocycles. The first kappa shape index (κ1) is 11.8. The van der Waals surface area contributed by atoms with Gasteiger partial charge in [-0.3, -0.25) is 4.79 Å². The fourth-order valence-corrected chi connectivity index (χ4v) is 3.08. The molecule has 0 saturated carbocycles. The summed E-state index contributed by atoms with van der Waals surface area (Å²) >= 11 is 0. The highest BCUT2D eigenvalue weighted by molar-refractivity contribution is 5.76. The average Bonchev–Trinajstić information content (AvgIpc) is 2.79. The maximum atomic E-state index is 11.9. The van der Waals surface area contributed by atoms with Crippen molar-refractivity contribution in [2.45, 2.75) is 37.3 Å². The van der Waals surface area contributed by atoms with Gasteiger partial charge in [0.2, 0.25) is 5.79 Å². The van der Waals surface area contributed by atoms with Gasteiger partial charge in [0, 0.05) is 14.2 Å². The summed E-state index contributed by atoms with van der Waals surface area (Å²) < 4.78 is 21.5. The number of methoxy groups -OCH3 is 3. The van der Waals surface area contributed by atoms with E-state index in [9.17, 15) is 4.79 Å². The summed E-state index contributed by atoms with van der Waals surface area (Å²) in [4.78, 5) is 11.9. The van der Waals surface area contributed by atoms with Crippen molar-refractivity contribution in [1.82, 2.24) is 0 Å². The van der Waals surface area contributed by atoms with E-state index in [0.29, 0.717) is 0 Å². The third-order valence-corrected chi connectivity index (χ3v) is 3.85. The predicted octanol–water partition coefficient (Wildman–Crippen LogP) is 0.716. The van der Waals surface area contributed by atoms with Gasteiger partial charge in [0.25, 0.3) is 0 Å². The van der Waals surface area contributed by atoms with Crippen LogP contribution in [0, 0.1) is 5.92 Å². The number of ether oxygens (including phenoxy) is 4. The lowest BCUT2D eigenvalue weighted by Crippen LogP contribution is -2.56. The average molecular weight is 230 g/mol. The minimum Gasteiger partial charge on any atom is -0.469 e. The Labute approximate surface area is 95.0 Å². The molecule has 2 fully saturated rings. The van der Waals surface area contributed by atoms with Gasteiger partial charge in [-0.1, -0.05) is 0 Å². The smallest absolute Gasteiger partial charge is 0.317 e. The summed E-state index contributed by atoms with van der Waals surface area (Å²) in [6, 6.07) is 0. The zero-order chi connectivity index (χ0) is 12.0. The highest BCUT2D eigenvalue weighted by Crippen LogP contribution is 2.55. The zero-order valence-electron chi connectivity index (χ0n) is 10.1. The molecule has 2 bridgehead atoms. The summed E-state index contributed by atoms with van der Waals surface area (Å²) in [7, 11) is 4.44. The van der Waals surface area contributed by atoms with Crippen LogP contribution in [-0.4, -0.2) is 44.8 Å². The Kier molecular flexibility index (Phi) is 2.72. The van der Waals surface area contributed by atoms with Gasteiger partial charge in [-0.2, -0.15) is 0 Å². The standard InChI is InChI=1S/C11H18O5/c1-10-6-5-7(16-10)11(14-3,15-4)8(10)9(12)13-2/h7-8H,5-6H2,1-4H3/t7-,8-,10-/m1/s1. The van der Waals surface area contributed by atoms with Gasteiger partial charge in [0.05, 0.1) is 12.7 Å². The molecule has 2 aliphatic rings. The lowest BCUT2D eigenvalue weighted by Gasteiger charge is -2.39. The molecule has 2 rings (SSSR count).